The molecular weight excluding hydrogens is 448 g/mol. The van der Waals surface area contributed by atoms with Crippen molar-refractivity contribution in [3.63, 3.8) is 0 Å². The molecule has 0 radical (unpaired) electrons. The molecule has 178 valence electrons. The van der Waals surface area contributed by atoms with Crippen molar-refractivity contribution in [1.82, 2.24) is 9.97 Å². The van der Waals surface area contributed by atoms with Gasteiger partial charge in [0.05, 0.1) is 16.5 Å². The summed E-state index contributed by atoms with van der Waals surface area (Å²) in [6, 6.07) is 14.7. The third-order valence-corrected chi connectivity index (χ3v) is 5.42. The van der Waals surface area contributed by atoms with E-state index < -0.39 is 16.9 Å². The summed E-state index contributed by atoms with van der Waals surface area (Å²) >= 11 is 4.74. The molecule has 2 amide bonds. The van der Waals surface area contributed by atoms with Crippen LogP contribution in [0.1, 0.15) is 73.0 Å². The molecule has 3 aromatic rings. The summed E-state index contributed by atoms with van der Waals surface area (Å²) in [5.74, 6) is 0.394. The van der Waals surface area contributed by atoms with Crippen LogP contribution in [0.2, 0.25) is 0 Å². The Bertz CT molecular complexity index is 1170. The summed E-state index contributed by atoms with van der Waals surface area (Å²) in [6.45, 7) is 9.56. The van der Waals surface area contributed by atoms with Crippen LogP contribution < -0.4 is 10.6 Å². The Hall–Kier alpha value is -3.39. The van der Waals surface area contributed by atoms with Gasteiger partial charge in [-0.25, -0.2) is 9.78 Å². The summed E-state index contributed by atoms with van der Waals surface area (Å²) in [6.07, 6.45) is 2.58. The number of carbonyl (C=O) groups excluding carboxylic acids is 2. The number of aromatic nitrogens is 2. The number of anilines is 2. The van der Waals surface area contributed by atoms with Crippen molar-refractivity contribution < 1.29 is 14.3 Å². The summed E-state index contributed by atoms with van der Waals surface area (Å²) in [7, 11) is 0. The first-order valence-corrected chi connectivity index (χ1v) is 11.6. The summed E-state index contributed by atoms with van der Waals surface area (Å²) < 4.78 is 5.28. The Morgan fingerprint density at radius 1 is 0.941 bits per heavy atom. The zero-order valence-corrected chi connectivity index (χ0v) is 20.9. The fraction of sp³-hybridized carbons (Fsp3) is 0.308. The highest BCUT2D eigenvalue weighted by atomic mass is 32.1. The maximum absolute atomic E-state index is 13.1. The number of benzene rings is 1. The summed E-state index contributed by atoms with van der Waals surface area (Å²) in [4.78, 5) is 33.8. The van der Waals surface area contributed by atoms with Gasteiger partial charge in [-0.1, -0.05) is 26.0 Å². The van der Waals surface area contributed by atoms with Gasteiger partial charge in [-0.15, -0.1) is 0 Å². The average Bonchev–Trinajstić information content (AvgIpc) is 2.77. The van der Waals surface area contributed by atoms with Crippen molar-refractivity contribution in [1.29, 1.82) is 0 Å². The number of hydrogen-bond donors (Lipinski definition) is 3. The number of hydrogen-bond acceptors (Lipinski definition) is 6. The number of carbonyl (C=O) groups is 2. The zero-order chi connectivity index (χ0) is 24.9. The molecule has 0 aliphatic carbocycles. The summed E-state index contributed by atoms with van der Waals surface area (Å²) in [5, 5.41) is 5.06. The molecule has 3 rings (SSSR count). The molecule has 0 aliphatic heterocycles. The van der Waals surface area contributed by atoms with E-state index in [1.807, 2.05) is 24.3 Å². The van der Waals surface area contributed by atoms with Gasteiger partial charge < -0.3 is 10.1 Å². The molecule has 0 spiro atoms. The first kappa shape index (κ1) is 25.2. The van der Waals surface area contributed by atoms with Crippen LogP contribution in [0.15, 0.2) is 60.9 Å². The van der Waals surface area contributed by atoms with Gasteiger partial charge in [0.2, 0.25) is 0 Å². The van der Waals surface area contributed by atoms with Crippen molar-refractivity contribution in [3.8, 4) is 0 Å². The molecule has 1 unspecified atom stereocenters. The number of pyridine rings is 2. The van der Waals surface area contributed by atoms with Crippen molar-refractivity contribution >= 4 is 36.1 Å². The fourth-order valence-corrected chi connectivity index (χ4v) is 3.62. The molecule has 1 atom stereocenters. The molecule has 0 fully saturated rings. The van der Waals surface area contributed by atoms with Gasteiger partial charge in [0.25, 0.3) is 5.91 Å². The molecule has 0 saturated heterocycles. The van der Waals surface area contributed by atoms with E-state index in [-0.39, 0.29) is 5.91 Å². The predicted octanol–water partition coefficient (Wildman–Crippen LogP) is 6.22. The molecular formula is C26H30N4O3S. The topological polar surface area (TPSA) is 93.2 Å². The minimum Gasteiger partial charge on any atom is -0.444 e. The van der Waals surface area contributed by atoms with E-state index in [1.54, 1.807) is 57.4 Å². The lowest BCUT2D eigenvalue weighted by molar-refractivity contribution is 0.0635. The average molecular weight is 479 g/mol. The second kappa shape index (κ2) is 10.7. The monoisotopic (exact) mass is 478 g/mol. The van der Waals surface area contributed by atoms with Crippen LogP contribution in [0.25, 0.3) is 0 Å². The van der Waals surface area contributed by atoms with E-state index >= 15 is 0 Å². The Labute approximate surface area is 205 Å². The lowest BCUT2D eigenvalue weighted by atomic mass is 10.0. The van der Waals surface area contributed by atoms with E-state index in [4.69, 9.17) is 17.4 Å². The number of nitrogens with zero attached hydrogens (tertiary/aromatic N) is 2. The van der Waals surface area contributed by atoms with E-state index in [2.05, 4.69) is 34.4 Å². The number of nitrogens with one attached hydrogen (secondary N) is 2. The molecule has 2 aromatic heterocycles. The highest BCUT2D eigenvalue weighted by Crippen LogP contribution is 2.30. The quantitative estimate of drug-likeness (QED) is 0.366. The first-order chi connectivity index (χ1) is 16.0. The van der Waals surface area contributed by atoms with Crippen LogP contribution in [0, 0.1) is 0 Å². The third kappa shape index (κ3) is 6.81. The van der Waals surface area contributed by atoms with Gasteiger partial charge in [0, 0.05) is 18.1 Å². The van der Waals surface area contributed by atoms with Gasteiger partial charge in [-0.2, -0.15) is 12.6 Å². The van der Waals surface area contributed by atoms with Crippen LogP contribution in [-0.2, 0) is 4.74 Å². The molecule has 0 bridgehead atoms. The second-order valence-electron chi connectivity index (χ2n) is 9.17. The molecule has 34 heavy (non-hydrogen) atoms. The smallest absolute Gasteiger partial charge is 0.413 e. The molecule has 1 aromatic carbocycles. The zero-order valence-electron chi connectivity index (χ0n) is 20.0. The van der Waals surface area contributed by atoms with Crippen LogP contribution in [0.4, 0.5) is 16.3 Å². The maximum Gasteiger partial charge on any atom is 0.413 e. The minimum absolute atomic E-state index is 0.274. The lowest BCUT2D eigenvalue weighted by Gasteiger charge is -2.20. The van der Waals surface area contributed by atoms with Crippen LogP contribution >= 0.6 is 12.6 Å². The maximum atomic E-state index is 13.1. The van der Waals surface area contributed by atoms with E-state index in [0.717, 1.165) is 16.8 Å². The Balaban J connectivity index is 1.82. The fourth-order valence-electron chi connectivity index (χ4n) is 3.25. The first-order valence-electron chi connectivity index (χ1n) is 11.0. The highest BCUT2D eigenvalue weighted by Gasteiger charge is 2.21. The van der Waals surface area contributed by atoms with Gasteiger partial charge in [-0.05, 0) is 74.2 Å². The van der Waals surface area contributed by atoms with E-state index in [9.17, 15) is 9.59 Å². The number of thiol groups is 1. The standard InChI is InChI=1S/C26H30N4O3S/c1-16(2)17-8-6-9-19(14-17)29-24(31)20-10-7-12-28-22(20)23(34)18-11-13-27-21(15-18)30-25(32)33-26(3,4)5/h6-16,23,34H,1-5H3,(H,29,31)(H,27,30,32). The minimum atomic E-state index is -0.626. The van der Waals surface area contributed by atoms with Crippen LogP contribution in [-0.4, -0.2) is 27.6 Å². The number of amides is 2. The largest absolute Gasteiger partial charge is 0.444 e. The van der Waals surface area contributed by atoms with Gasteiger partial charge in [-0.3, -0.25) is 15.1 Å². The van der Waals surface area contributed by atoms with Crippen LogP contribution in [0.5, 0.6) is 0 Å². The second-order valence-corrected chi connectivity index (χ2v) is 9.69. The predicted molar refractivity (Wildman–Crippen MR) is 138 cm³/mol. The molecule has 0 saturated carbocycles. The van der Waals surface area contributed by atoms with Gasteiger partial charge in [0.15, 0.2) is 0 Å². The number of rotatable bonds is 6. The lowest BCUT2D eigenvalue weighted by Crippen LogP contribution is -2.27. The van der Waals surface area contributed by atoms with Crippen molar-refractivity contribution in [2.24, 2.45) is 0 Å². The SMILES string of the molecule is CC(C)c1cccc(NC(=O)c2cccnc2C(S)c2ccnc(NC(=O)OC(C)(C)C)c2)c1. The van der Waals surface area contributed by atoms with Crippen molar-refractivity contribution in [2.75, 3.05) is 10.6 Å². The summed E-state index contributed by atoms with van der Waals surface area (Å²) in [5.41, 5.74) is 2.86. The number of ether oxygens (including phenoxy) is 1. The molecule has 0 aliphatic rings. The van der Waals surface area contributed by atoms with E-state index in [0.29, 0.717) is 23.0 Å². The van der Waals surface area contributed by atoms with Crippen molar-refractivity contribution in [3.05, 3.63) is 83.3 Å². The van der Waals surface area contributed by atoms with Crippen LogP contribution in [0.3, 0.4) is 0 Å². The van der Waals surface area contributed by atoms with Gasteiger partial charge in [0.1, 0.15) is 11.4 Å². The normalized spacial score (nSPS) is 12.2. The Kier molecular flexibility index (Phi) is 7.94. The third-order valence-electron chi connectivity index (χ3n) is 4.88. The Morgan fingerprint density at radius 2 is 1.71 bits per heavy atom. The molecule has 7 nitrogen and oxygen atoms in total. The molecule has 2 N–H and O–H groups in total. The Morgan fingerprint density at radius 3 is 2.41 bits per heavy atom. The highest BCUT2D eigenvalue weighted by molar-refractivity contribution is 7.80. The van der Waals surface area contributed by atoms with Gasteiger partial charge >= 0.3 is 6.09 Å². The van der Waals surface area contributed by atoms with Crippen molar-refractivity contribution in [2.45, 2.75) is 51.4 Å². The molecule has 8 heteroatoms. The van der Waals surface area contributed by atoms with E-state index in [1.165, 1.54) is 0 Å². The molecule has 2 heterocycles.